The summed E-state index contributed by atoms with van der Waals surface area (Å²) in [6, 6.07) is 0. The van der Waals surface area contributed by atoms with Crippen LogP contribution in [0.2, 0.25) is 0 Å². The van der Waals surface area contributed by atoms with Gasteiger partial charge in [0.05, 0.1) is 12.5 Å². The van der Waals surface area contributed by atoms with E-state index in [-0.39, 0.29) is 5.89 Å². The molecule has 0 aliphatic carbocycles. The molecule has 0 saturated heterocycles. The number of carbonyl (C=O) groups is 1. The van der Waals surface area contributed by atoms with Crippen molar-refractivity contribution in [1.29, 1.82) is 0 Å². The van der Waals surface area contributed by atoms with Gasteiger partial charge in [0, 0.05) is 7.05 Å². The third-order valence-corrected chi connectivity index (χ3v) is 2.09. The predicted octanol–water partition coefficient (Wildman–Crippen LogP) is 1.71. The quantitative estimate of drug-likeness (QED) is 0.887. The van der Waals surface area contributed by atoms with Crippen molar-refractivity contribution in [3.05, 3.63) is 24.0 Å². The standard InChI is InChI=1S/C9H7F2N3O3/c1-14-3-12-2-4(14)8-13-5(7(10)11)6(17-8)9(15)16/h2-3,7H,1H3,(H,15,16). The van der Waals surface area contributed by atoms with E-state index < -0.39 is 23.8 Å². The molecule has 2 aromatic rings. The van der Waals surface area contributed by atoms with Gasteiger partial charge in [0.15, 0.2) is 5.69 Å². The van der Waals surface area contributed by atoms with Gasteiger partial charge in [-0.1, -0.05) is 0 Å². The molecule has 8 heteroatoms. The Hall–Kier alpha value is -2.25. The number of carboxylic acid groups (broad SMARTS) is 1. The van der Waals surface area contributed by atoms with Crippen molar-refractivity contribution in [3.8, 4) is 11.6 Å². The summed E-state index contributed by atoms with van der Waals surface area (Å²) < 4.78 is 31.4. The van der Waals surface area contributed by atoms with Crippen LogP contribution in [0.15, 0.2) is 16.9 Å². The lowest BCUT2D eigenvalue weighted by molar-refractivity contribution is 0.0646. The van der Waals surface area contributed by atoms with Gasteiger partial charge in [-0.05, 0) is 0 Å². The van der Waals surface area contributed by atoms with Crippen LogP contribution in [0, 0.1) is 0 Å². The third kappa shape index (κ3) is 1.88. The Bertz CT molecular complexity index is 562. The maximum Gasteiger partial charge on any atom is 0.374 e. The first-order valence-electron chi connectivity index (χ1n) is 4.49. The van der Waals surface area contributed by atoms with Crippen LogP contribution in [-0.2, 0) is 7.05 Å². The van der Waals surface area contributed by atoms with Gasteiger partial charge in [0.2, 0.25) is 11.7 Å². The first-order chi connectivity index (χ1) is 8.00. The molecule has 6 nitrogen and oxygen atoms in total. The number of carboxylic acids is 1. The van der Waals surface area contributed by atoms with E-state index in [0.29, 0.717) is 5.69 Å². The molecule has 0 aromatic carbocycles. The van der Waals surface area contributed by atoms with Crippen LogP contribution < -0.4 is 0 Å². The maximum absolute atomic E-state index is 12.5. The largest absolute Gasteiger partial charge is 0.475 e. The number of imidazole rings is 1. The van der Waals surface area contributed by atoms with E-state index in [0.717, 1.165) is 0 Å². The number of aromatic carboxylic acids is 1. The summed E-state index contributed by atoms with van der Waals surface area (Å²) in [6.45, 7) is 0. The minimum Gasteiger partial charge on any atom is -0.475 e. The van der Waals surface area contributed by atoms with Crippen LogP contribution in [0.4, 0.5) is 8.78 Å². The first-order valence-corrected chi connectivity index (χ1v) is 4.49. The predicted molar refractivity (Wildman–Crippen MR) is 50.6 cm³/mol. The summed E-state index contributed by atoms with van der Waals surface area (Å²) in [4.78, 5) is 17.9. The second-order valence-electron chi connectivity index (χ2n) is 3.23. The van der Waals surface area contributed by atoms with Crippen LogP contribution in [0.3, 0.4) is 0 Å². The van der Waals surface area contributed by atoms with Gasteiger partial charge in [-0.2, -0.15) is 0 Å². The van der Waals surface area contributed by atoms with Gasteiger partial charge in [0.1, 0.15) is 5.69 Å². The highest BCUT2D eigenvalue weighted by Crippen LogP contribution is 2.27. The topological polar surface area (TPSA) is 81.2 Å². The van der Waals surface area contributed by atoms with E-state index in [1.54, 1.807) is 7.05 Å². The number of aryl methyl sites for hydroxylation is 1. The van der Waals surface area contributed by atoms with Gasteiger partial charge < -0.3 is 14.1 Å². The maximum atomic E-state index is 12.5. The Balaban J connectivity index is 2.55. The number of oxazole rings is 1. The van der Waals surface area contributed by atoms with Crippen molar-refractivity contribution in [1.82, 2.24) is 14.5 Å². The fraction of sp³-hybridized carbons (Fsp3) is 0.222. The molecular weight excluding hydrogens is 236 g/mol. The van der Waals surface area contributed by atoms with Crippen LogP contribution >= 0.6 is 0 Å². The first kappa shape index (κ1) is 11.2. The van der Waals surface area contributed by atoms with Gasteiger partial charge in [0.25, 0.3) is 6.43 Å². The second kappa shape index (κ2) is 3.96. The van der Waals surface area contributed by atoms with Crippen molar-refractivity contribution in [3.63, 3.8) is 0 Å². The average Bonchev–Trinajstić information content (AvgIpc) is 2.82. The molecule has 0 atom stereocenters. The molecule has 0 unspecified atom stereocenters. The molecular formula is C9H7F2N3O3. The molecule has 2 aromatic heterocycles. The minimum atomic E-state index is -3.01. The van der Waals surface area contributed by atoms with Crippen molar-refractivity contribution >= 4 is 5.97 Å². The molecule has 0 saturated carbocycles. The Kier molecular flexibility index (Phi) is 2.62. The van der Waals surface area contributed by atoms with Gasteiger partial charge >= 0.3 is 5.97 Å². The number of nitrogens with zero attached hydrogens (tertiary/aromatic N) is 3. The molecule has 0 aliphatic heterocycles. The molecule has 0 spiro atoms. The SMILES string of the molecule is Cn1cncc1-c1nc(C(F)F)c(C(=O)O)o1. The molecule has 0 amide bonds. The van der Waals surface area contributed by atoms with Crippen molar-refractivity contribution in [2.45, 2.75) is 6.43 Å². The highest BCUT2D eigenvalue weighted by Gasteiger charge is 2.27. The van der Waals surface area contributed by atoms with E-state index in [9.17, 15) is 13.6 Å². The fourth-order valence-electron chi connectivity index (χ4n) is 1.31. The van der Waals surface area contributed by atoms with Crippen LogP contribution in [0.5, 0.6) is 0 Å². The highest BCUT2D eigenvalue weighted by atomic mass is 19.3. The van der Waals surface area contributed by atoms with E-state index in [1.165, 1.54) is 17.1 Å². The Labute approximate surface area is 93.5 Å². The zero-order chi connectivity index (χ0) is 12.6. The molecule has 0 radical (unpaired) electrons. The highest BCUT2D eigenvalue weighted by molar-refractivity contribution is 5.86. The summed E-state index contributed by atoms with van der Waals surface area (Å²) in [5.74, 6) is -2.63. The average molecular weight is 243 g/mol. The minimum absolute atomic E-state index is 0.197. The molecule has 0 fully saturated rings. The van der Waals surface area contributed by atoms with Crippen LogP contribution in [0.25, 0.3) is 11.6 Å². The molecule has 0 bridgehead atoms. The molecule has 2 rings (SSSR count). The summed E-state index contributed by atoms with van der Waals surface area (Å²) in [5.41, 5.74) is -0.562. The number of halogens is 2. The smallest absolute Gasteiger partial charge is 0.374 e. The molecule has 17 heavy (non-hydrogen) atoms. The lowest BCUT2D eigenvalue weighted by Crippen LogP contribution is -1.99. The van der Waals surface area contributed by atoms with Crippen molar-refractivity contribution < 1.29 is 23.1 Å². The number of alkyl halides is 2. The number of aromatic nitrogens is 3. The van der Waals surface area contributed by atoms with E-state index in [2.05, 4.69) is 9.97 Å². The Morgan fingerprint density at radius 1 is 1.59 bits per heavy atom. The van der Waals surface area contributed by atoms with Gasteiger partial charge in [-0.25, -0.2) is 23.5 Å². The Morgan fingerprint density at radius 2 is 2.29 bits per heavy atom. The zero-order valence-electron chi connectivity index (χ0n) is 8.59. The normalized spacial score (nSPS) is 11.1. The van der Waals surface area contributed by atoms with Crippen molar-refractivity contribution in [2.75, 3.05) is 0 Å². The van der Waals surface area contributed by atoms with E-state index >= 15 is 0 Å². The molecule has 2 heterocycles. The van der Waals surface area contributed by atoms with Crippen LogP contribution in [0.1, 0.15) is 22.7 Å². The number of hydrogen-bond donors (Lipinski definition) is 1. The zero-order valence-corrected chi connectivity index (χ0v) is 8.59. The van der Waals surface area contributed by atoms with E-state index in [4.69, 9.17) is 9.52 Å². The van der Waals surface area contributed by atoms with Crippen molar-refractivity contribution in [2.24, 2.45) is 7.05 Å². The lowest BCUT2D eigenvalue weighted by atomic mass is 10.3. The third-order valence-electron chi connectivity index (χ3n) is 2.09. The van der Waals surface area contributed by atoms with E-state index in [1.807, 2.05) is 0 Å². The summed E-state index contributed by atoms with van der Waals surface area (Å²) in [6.07, 6.45) is -0.249. The van der Waals surface area contributed by atoms with Crippen LogP contribution in [-0.4, -0.2) is 25.6 Å². The molecule has 1 N–H and O–H groups in total. The summed E-state index contributed by atoms with van der Waals surface area (Å²) >= 11 is 0. The summed E-state index contributed by atoms with van der Waals surface area (Å²) in [5, 5.41) is 8.71. The fourth-order valence-corrected chi connectivity index (χ4v) is 1.31. The summed E-state index contributed by atoms with van der Waals surface area (Å²) in [7, 11) is 1.61. The monoisotopic (exact) mass is 243 g/mol. The Morgan fingerprint density at radius 3 is 2.71 bits per heavy atom. The number of hydrogen-bond acceptors (Lipinski definition) is 4. The second-order valence-corrected chi connectivity index (χ2v) is 3.23. The lowest BCUT2D eigenvalue weighted by Gasteiger charge is -1.94. The van der Waals surface area contributed by atoms with Gasteiger partial charge in [-0.3, -0.25) is 0 Å². The van der Waals surface area contributed by atoms with Gasteiger partial charge in [-0.15, -0.1) is 0 Å². The number of rotatable bonds is 3. The molecule has 0 aliphatic rings. The molecule has 90 valence electrons.